The van der Waals surface area contributed by atoms with E-state index in [1.54, 1.807) is 0 Å². The standard InChI is InChI=1S/C31H52O3/c1-21(22(2)25-17-23-8-5-9-24(18-25)29(23)34)7-6-13-31(4)20-28(33)19-26(31)10-14-30(3)15-11-27(32)12-16-30/h17,21-22,24-27,29,32,34H,5-16,18-20H2,1-4H3. The third kappa shape index (κ3) is 6.00. The lowest BCUT2D eigenvalue weighted by Crippen LogP contribution is -2.35. The number of rotatable bonds is 9. The lowest BCUT2D eigenvalue weighted by molar-refractivity contribution is -0.118. The minimum Gasteiger partial charge on any atom is -0.393 e. The van der Waals surface area contributed by atoms with E-state index in [9.17, 15) is 15.0 Å². The molecule has 3 heteroatoms. The Bertz CT molecular complexity index is 733. The normalized spacial score (nSPS) is 42.4. The van der Waals surface area contributed by atoms with Gasteiger partial charge < -0.3 is 10.2 Å². The van der Waals surface area contributed by atoms with E-state index < -0.39 is 0 Å². The summed E-state index contributed by atoms with van der Waals surface area (Å²) >= 11 is 0. The third-order valence-corrected chi connectivity index (χ3v) is 11.2. The molecule has 7 unspecified atom stereocenters. The molecule has 0 saturated heterocycles. The molecule has 0 spiro atoms. The fraction of sp³-hybridized carbons (Fsp3) is 0.903. The monoisotopic (exact) mass is 472 g/mol. The molecule has 3 fully saturated rings. The largest absolute Gasteiger partial charge is 0.393 e. The fourth-order valence-electron chi connectivity index (χ4n) is 8.18. The lowest BCUT2D eigenvalue weighted by atomic mass is 9.66. The number of ketones is 1. The van der Waals surface area contributed by atoms with E-state index in [1.165, 1.54) is 56.9 Å². The average molecular weight is 473 g/mol. The van der Waals surface area contributed by atoms with Gasteiger partial charge in [-0.1, -0.05) is 46.6 Å². The molecule has 0 aromatic carbocycles. The lowest BCUT2D eigenvalue weighted by Gasteiger charge is -2.41. The van der Waals surface area contributed by atoms with Crippen molar-refractivity contribution in [3.63, 3.8) is 0 Å². The highest BCUT2D eigenvalue weighted by molar-refractivity contribution is 5.81. The van der Waals surface area contributed by atoms with Gasteiger partial charge in [-0.2, -0.15) is 0 Å². The van der Waals surface area contributed by atoms with Gasteiger partial charge in [0.2, 0.25) is 0 Å². The van der Waals surface area contributed by atoms with Gasteiger partial charge in [0.15, 0.2) is 0 Å². The van der Waals surface area contributed by atoms with Gasteiger partial charge in [0.1, 0.15) is 5.78 Å². The first-order valence-electron chi connectivity index (χ1n) is 14.7. The van der Waals surface area contributed by atoms with Crippen LogP contribution in [0.3, 0.4) is 0 Å². The number of fused-ring (bicyclic) bond motifs is 2. The van der Waals surface area contributed by atoms with Crippen LogP contribution in [0.1, 0.15) is 124 Å². The van der Waals surface area contributed by atoms with E-state index in [4.69, 9.17) is 0 Å². The maximum absolute atomic E-state index is 12.5. The Hall–Kier alpha value is -0.670. The number of carbonyl (C=O) groups excluding carboxylic acids is 1. The molecular formula is C31H52O3. The molecule has 194 valence electrons. The van der Waals surface area contributed by atoms with E-state index >= 15 is 0 Å². The molecule has 2 bridgehead atoms. The molecule has 3 saturated carbocycles. The Morgan fingerprint density at radius 2 is 1.82 bits per heavy atom. The number of hydrogen-bond acceptors (Lipinski definition) is 3. The molecule has 4 aliphatic rings. The fourth-order valence-corrected chi connectivity index (χ4v) is 8.18. The van der Waals surface area contributed by atoms with Crippen molar-refractivity contribution < 1.29 is 15.0 Å². The van der Waals surface area contributed by atoms with Crippen molar-refractivity contribution in [2.75, 3.05) is 0 Å². The van der Waals surface area contributed by atoms with E-state index in [0.717, 1.165) is 44.9 Å². The minimum absolute atomic E-state index is 0.0924. The summed E-state index contributed by atoms with van der Waals surface area (Å²) in [4.78, 5) is 12.5. The summed E-state index contributed by atoms with van der Waals surface area (Å²) in [6, 6.07) is 0. The highest BCUT2D eigenvalue weighted by Crippen LogP contribution is 2.50. The van der Waals surface area contributed by atoms with E-state index in [2.05, 4.69) is 33.8 Å². The van der Waals surface area contributed by atoms with Crippen LogP contribution in [-0.2, 0) is 4.79 Å². The minimum atomic E-state index is -0.162. The molecule has 0 amide bonds. The topological polar surface area (TPSA) is 57.5 Å². The van der Waals surface area contributed by atoms with Gasteiger partial charge in [-0.25, -0.2) is 0 Å². The summed E-state index contributed by atoms with van der Waals surface area (Å²) in [5.41, 5.74) is 1.86. The Morgan fingerprint density at radius 1 is 1.09 bits per heavy atom. The molecule has 3 nitrogen and oxygen atoms in total. The number of carbonyl (C=O) groups is 1. The van der Waals surface area contributed by atoms with Crippen LogP contribution in [0, 0.1) is 40.4 Å². The maximum Gasteiger partial charge on any atom is 0.133 e. The average Bonchev–Trinajstić information content (AvgIpc) is 3.07. The van der Waals surface area contributed by atoms with Crippen molar-refractivity contribution in [1.29, 1.82) is 0 Å². The van der Waals surface area contributed by atoms with Crippen LogP contribution in [0.2, 0.25) is 0 Å². The molecule has 34 heavy (non-hydrogen) atoms. The molecule has 0 aliphatic heterocycles. The number of aliphatic hydroxyl groups excluding tert-OH is 2. The van der Waals surface area contributed by atoms with Crippen molar-refractivity contribution in [3.05, 3.63) is 11.6 Å². The molecule has 4 rings (SSSR count). The van der Waals surface area contributed by atoms with Gasteiger partial charge in [-0.3, -0.25) is 4.79 Å². The summed E-state index contributed by atoms with van der Waals surface area (Å²) in [6.07, 6.45) is 18.7. The second kappa shape index (κ2) is 10.8. The summed E-state index contributed by atoms with van der Waals surface area (Å²) in [7, 11) is 0. The van der Waals surface area contributed by atoms with Crippen molar-refractivity contribution in [1.82, 2.24) is 0 Å². The zero-order chi connectivity index (χ0) is 24.5. The van der Waals surface area contributed by atoms with Gasteiger partial charge in [-0.05, 0) is 117 Å². The predicted octanol–water partition coefficient (Wildman–Crippen LogP) is 7.24. The molecule has 7 atom stereocenters. The Balaban J connectivity index is 1.27. The Labute approximate surface area is 209 Å². The molecule has 2 N–H and O–H groups in total. The van der Waals surface area contributed by atoms with Crippen molar-refractivity contribution in [2.45, 2.75) is 136 Å². The first-order valence-corrected chi connectivity index (χ1v) is 14.7. The van der Waals surface area contributed by atoms with Crippen molar-refractivity contribution >= 4 is 5.78 Å². The second-order valence-corrected chi connectivity index (χ2v) is 13.8. The SMILES string of the molecule is CC(CCCC1(C)CC(=O)CC1CCC1(C)CCC(O)CC1)C(C)C1C=C2CCCC(C1)C2O. The molecule has 0 heterocycles. The van der Waals surface area contributed by atoms with Gasteiger partial charge in [0.05, 0.1) is 12.2 Å². The first kappa shape index (κ1) is 26.4. The number of hydrogen-bond donors (Lipinski definition) is 2. The number of allylic oxidation sites excluding steroid dienone is 1. The van der Waals surface area contributed by atoms with Gasteiger partial charge >= 0.3 is 0 Å². The highest BCUT2D eigenvalue weighted by atomic mass is 16.3. The van der Waals surface area contributed by atoms with Gasteiger partial charge in [0.25, 0.3) is 0 Å². The molecule has 0 aromatic heterocycles. The summed E-state index contributed by atoms with van der Waals surface area (Å²) in [5, 5.41) is 20.4. The number of Topliss-reactive ketones (excluding diaryl/α,β-unsaturated/α-hetero) is 1. The van der Waals surface area contributed by atoms with Crippen molar-refractivity contribution in [3.8, 4) is 0 Å². The van der Waals surface area contributed by atoms with Crippen LogP contribution in [0.25, 0.3) is 0 Å². The van der Waals surface area contributed by atoms with E-state index in [0.29, 0.717) is 40.8 Å². The Kier molecular flexibility index (Phi) is 8.35. The zero-order valence-electron chi connectivity index (χ0n) is 22.5. The second-order valence-electron chi connectivity index (χ2n) is 13.8. The van der Waals surface area contributed by atoms with Crippen LogP contribution in [0.15, 0.2) is 11.6 Å². The quantitative estimate of drug-likeness (QED) is 0.348. The van der Waals surface area contributed by atoms with Crippen LogP contribution < -0.4 is 0 Å². The molecular weight excluding hydrogens is 420 g/mol. The Morgan fingerprint density at radius 3 is 2.53 bits per heavy atom. The van der Waals surface area contributed by atoms with Crippen LogP contribution in [0.4, 0.5) is 0 Å². The van der Waals surface area contributed by atoms with Crippen LogP contribution in [0.5, 0.6) is 0 Å². The predicted molar refractivity (Wildman–Crippen MR) is 139 cm³/mol. The van der Waals surface area contributed by atoms with Gasteiger partial charge in [0, 0.05) is 12.8 Å². The van der Waals surface area contributed by atoms with Gasteiger partial charge in [-0.15, -0.1) is 0 Å². The number of aliphatic hydroxyl groups is 2. The highest BCUT2D eigenvalue weighted by Gasteiger charge is 2.44. The van der Waals surface area contributed by atoms with E-state index in [-0.39, 0.29) is 17.6 Å². The van der Waals surface area contributed by atoms with Crippen molar-refractivity contribution in [2.24, 2.45) is 40.4 Å². The summed E-state index contributed by atoms with van der Waals surface area (Å²) in [5.74, 6) is 3.50. The molecule has 4 aliphatic carbocycles. The third-order valence-electron chi connectivity index (χ3n) is 11.2. The smallest absolute Gasteiger partial charge is 0.133 e. The molecule has 0 radical (unpaired) electrons. The van der Waals surface area contributed by atoms with Crippen LogP contribution in [-0.4, -0.2) is 28.2 Å². The maximum atomic E-state index is 12.5. The molecule has 0 aromatic rings. The zero-order valence-corrected chi connectivity index (χ0v) is 22.5. The summed E-state index contributed by atoms with van der Waals surface area (Å²) in [6.45, 7) is 9.68. The van der Waals surface area contributed by atoms with E-state index in [1.807, 2.05) is 0 Å². The van der Waals surface area contributed by atoms with Crippen LogP contribution >= 0.6 is 0 Å². The first-order chi connectivity index (χ1) is 16.1. The summed E-state index contributed by atoms with van der Waals surface area (Å²) < 4.78 is 0.